The Morgan fingerprint density at radius 3 is 2.48 bits per heavy atom. The second kappa shape index (κ2) is 6.68. The molecule has 0 atom stereocenters. The van der Waals surface area contributed by atoms with Gasteiger partial charge in [0.25, 0.3) is 0 Å². The summed E-state index contributed by atoms with van der Waals surface area (Å²) in [6.07, 6.45) is -1.94. The van der Waals surface area contributed by atoms with E-state index >= 15 is 0 Å². The SMILES string of the molecule is CN(C)c1cc(C(F)(F)F)nc(N2CCCN(C(=O)C3CC3)CC2)n1. The molecule has 6 nitrogen and oxygen atoms in total. The minimum absolute atomic E-state index is 0.0687. The van der Waals surface area contributed by atoms with Crippen molar-refractivity contribution < 1.29 is 18.0 Å². The quantitative estimate of drug-likeness (QED) is 0.828. The topological polar surface area (TPSA) is 52.6 Å². The van der Waals surface area contributed by atoms with E-state index in [1.165, 1.54) is 4.90 Å². The van der Waals surface area contributed by atoms with Crippen molar-refractivity contribution in [3.63, 3.8) is 0 Å². The van der Waals surface area contributed by atoms with Crippen LogP contribution in [0.4, 0.5) is 24.9 Å². The number of carbonyl (C=O) groups excluding carboxylic acids is 1. The van der Waals surface area contributed by atoms with Gasteiger partial charge < -0.3 is 14.7 Å². The number of rotatable bonds is 3. The van der Waals surface area contributed by atoms with Gasteiger partial charge in [0, 0.05) is 52.3 Å². The van der Waals surface area contributed by atoms with Crippen LogP contribution in [0.2, 0.25) is 0 Å². The zero-order valence-corrected chi connectivity index (χ0v) is 14.4. The van der Waals surface area contributed by atoms with Gasteiger partial charge in [-0.3, -0.25) is 4.79 Å². The summed E-state index contributed by atoms with van der Waals surface area (Å²) in [5.41, 5.74) is -0.948. The van der Waals surface area contributed by atoms with E-state index in [-0.39, 0.29) is 23.6 Å². The molecule has 0 N–H and O–H groups in total. The number of amides is 1. The third-order valence-electron chi connectivity index (χ3n) is 4.47. The average molecular weight is 357 g/mol. The van der Waals surface area contributed by atoms with Gasteiger partial charge in [-0.1, -0.05) is 0 Å². The Balaban J connectivity index is 1.80. The van der Waals surface area contributed by atoms with E-state index in [1.807, 2.05) is 4.90 Å². The second-order valence-electron chi connectivity index (χ2n) is 6.74. The summed E-state index contributed by atoms with van der Waals surface area (Å²) >= 11 is 0. The highest BCUT2D eigenvalue weighted by Crippen LogP contribution is 2.32. The molecule has 1 saturated carbocycles. The molecule has 0 aromatic carbocycles. The van der Waals surface area contributed by atoms with E-state index in [2.05, 4.69) is 9.97 Å². The van der Waals surface area contributed by atoms with Gasteiger partial charge in [0.05, 0.1) is 0 Å². The molecule has 25 heavy (non-hydrogen) atoms. The average Bonchev–Trinajstić information content (AvgIpc) is 3.39. The normalized spacial score (nSPS) is 18.9. The molecule has 1 amide bonds. The molecule has 2 fully saturated rings. The molecule has 3 rings (SSSR count). The fourth-order valence-electron chi connectivity index (χ4n) is 2.86. The number of alkyl halides is 3. The molecular weight excluding hydrogens is 335 g/mol. The van der Waals surface area contributed by atoms with Crippen LogP contribution in [0.25, 0.3) is 0 Å². The standard InChI is InChI=1S/C16H22F3N5O/c1-22(2)13-10-12(16(17,18)19)20-15(21-13)24-7-3-6-23(8-9-24)14(25)11-4-5-11/h10-11H,3-9H2,1-2H3. The number of hydrogen-bond donors (Lipinski definition) is 0. The predicted octanol–water partition coefficient (Wildman–Crippen LogP) is 2.01. The van der Waals surface area contributed by atoms with Crippen LogP contribution >= 0.6 is 0 Å². The molecular formula is C16H22F3N5O. The number of hydrogen-bond acceptors (Lipinski definition) is 5. The molecule has 138 valence electrons. The van der Waals surface area contributed by atoms with E-state index in [1.54, 1.807) is 19.0 Å². The van der Waals surface area contributed by atoms with Gasteiger partial charge in [-0.25, -0.2) is 4.98 Å². The van der Waals surface area contributed by atoms with Gasteiger partial charge >= 0.3 is 6.18 Å². The lowest BCUT2D eigenvalue weighted by atomic mass is 10.3. The highest BCUT2D eigenvalue weighted by atomic mass is 19.4. The maximum absolute atomic E-state index is 13.1. The number of anilines is 2. The van der Waals surface area contributed by atoms with Crippen LogP contribution < -0.4 is 9.80 Å². The molecule has 0 unspecified atom stereocenters. The molecule has 1 saturated heterocycles. The Hall–Kier alpha value is -2.06. The molecule has 0 radical (unpaired) electrons. The second-order valence-corrected chi connectivity index (χ2v) is 6.74. The van der Waals surface area contributed by atoms with Gasteiger partial charge in [0.2, 0.25) is 11.9 Å². The number of halogens is 3. The van der Waals surface area contributed by atoms with Crippen molar-refractivity contribution >= 4 is 17.7 Å². The first kappa shape index (κ1) is 17.8. The van der Waals surface area contributed by atoms with E-state index in [4.69, 9.17) is 0 Å². The summed E-state index contributed by atoms with van der Waals surface area (Å²) in [6, 6.07) is 0.949. The zero-order chi connectivity index (χ0) is 18.2. The monoisotopic (exact) mass is 357 g/mol. The van der Waals surface area contributed by atoms with Crippen molar-refractivity contribution in [2.45, 2.75) is 25.4 Å². The largest absolute Gasteiger partial charge is 0.433 e. The Bertz CT molecular complexity index is 645. The van der Waals surface area contributed by atoms with Gasteiger partial charge in [0.1, 0.15) is 5.82 Å². The molecule has 2 aliphatic rings. The van der Waals surface area contributed by atoms with Crippen LogP contribution in [-0.2, 0) is 11.0 Å². The van der Waals surface area contributed by atoms with Crippen LogP contribution in [0.3, 0.4) is 0 Å². The zero-order valence-electron chi connectivity index (χ0n) is 14.4. The first-order valence-electron chi connectivity index (χ1n) is 8.43. The lowest BCUT2D eigenvalue weighted by Crippen LogP contribution is -2.36. The highest BCUT2D eigenvalue weighted by molar-refractivity contribution is 5.81. The predicted molar refractivity (Wildman–Crippen MR) is 87.5 cm³/mol. The van der Waals surface area contributed by atoms with Gasteiger partial charge in [0.15, 0.2) is 5.69 Å². The Morgan fingerprint density at radius 1 is 1.16 bits per heavy atom. The van der Waals surface area contributed by atoms with Crippen LogP contribution in [0.15, 0.2) is 6.07 Å². The smallest absolute Gasteiger partial charge is 0.363 e. The van der Waals surface area contributed by atoms with Crippen molar-refractivity contribution in [1.82, 2.24) is 14.9 Å². The van der Waals surface area contributed by atoms with Crippen LogP contribution in [0, 0.1) is 5.92 Å². The number of carbonyl (C=O) groups is 1. The summed E-state index contributed by atoms with van der Waals surface area (Å²) in [7, 11) is 3.29. The molecule has 1 aliphatic carbocycles. The molecule has 0 bridgehead atoms. The lowest BCUT2D eigenvalue weighted by molar-refractivity contribution is -0.141. The molecule has 0 spiro atoms. The maximum atomic E-state index is 13.1. The van der Waals surface area contributed by atoms with Crippen molar-refractivity contribution in [1.29, 1.82) is 0 Å². The van der Waals surface area contributed by atoms with E-state index in [0.29, 0.717) is 32.6 Å². The molecule has 9 heteroatoms. The van der Waals surface area contributed by atoms with Crippen molar-refractivity contribution in [2.75, 3.05) is 50.1 Å². The van der Waals surface area contributed by atoms with Crippen molar-refractivity contribution in [3.8, 4) is 0 Å². The Labute approximate surface area is 144 Å². The summed E-state index contributed by atoms with van der Waals surface area (Å²) in [5.74, 6) is 0.601. The van der Waals surface area contributed by atoms with Gasteiger partial charge in [-0.05, 0) is 19.3 Å². The van der Waals surface area contributed by atoms with Crippen LogP contribution in [0.5, 0.6) is 0 Å². The third-order valence-corrected chi connectivity index (χ3v) is 4.47. The maximum Gasteiger partial charge on any atom is 0.433 e. The van der Waals surface area contributed by atoms with E-state index in [0.717, 1.165) is 18.9 Å². The van der Waals surface area contributed by atoms with Crippen LogP contribution in [0.1, 0.15) is 25.0 Å². The van der Waals surface area contributed by atoms with Gasteiger partial charge in [-0.2, -0.15) is 18.2 Å². The molecule has 1 aliphatic heterocycles. The fourth-order valence-corrected chi connectivity index (χ4v) is 2.86. The Morgan fingerprint density at radius 2 is 1.88 bits per heavy atom. The van der Waals surface area contributed by atoms with Crippen molar-refractivity contribution in [2.24, 2.45) is 5.92 Å². The fraction of sp³-hybridized carbons (Fsp3) is 0.688. The summed E-state index contributed by atoms with van der Waals surface area (Å²) in [5, 5.41) is 0. The molecule has 2 heterocycles. The van der Waals surface area contributed by atoms with E-state index < -0.39 is 11.9 Å². The molecule has 1 aromatic heterocycles. The summed E-state index contributed by atoms with van der Waals surface area (Å²) in [6.45, 7) is 2.09. The number of nitrogens with zero attached hydrogens (tertiary/aromatic N) is 5. The van der Waals surface area contributed by atoms with Gasteiger partial charge in [-0.15, -0.1) is 0 Å². The first-order chi connectivity index (χ1) is 11.8. The van der Waals surface area contributed by atoms with Crippen molar-refractivity contribution in [3.05, 3.63) is 11.8 Å². The minimum atomic E-state index is -4.53. The lowest BCUT2D eigenvalue weighted by Gasteiger charge is -2.24. The summed E-state index contributed by atoms with van der Waals surface area (Å²) in [4.78, 5) is 25.3. The Kier molecular flexibility index (Phi) is 4.75. The third kappa shape index (κ3) is 4.13. The molecule has 1 aromatic rings. The minimum Gasteiger partial charge on any atom is -0.363 e. The highest BCUT2D eigenvalue weighted by Gasteiger charge is 2.36. The number of aromatic nitrogens is 2. The summed E-state index contributed by atoms with van der Waals surface area (Å²) < 4.78 is 39.4. The van der Waals surface area contributed by atoms with E-state index in [9.17, 15) is 18.0 Å². The first-order valence-corrected chi connectivity index (χ1v) is 8.43. The van der Waals surface area contributed by atoms with Crippen LogP contribution in [-0.4, -0.2) is 61.0 Å².